The van der Waals surface area contributed by atoms with E-state index in [0.717, 1.165) is 16.1 Å². The summed E-state index contributed by atoms with van der Waals surface area (Å²) in [5.74, 6) is 0. The summed E-state index contributed by atoms with van der Waals surface area (Å²) in [6, 6.07) is 17.5. The fourth-order valence-electron chi connectivity index (χ4n) is 3.07. The van der Waals surface area contributed by atoms with Crippen molar-refractivity contribution in [2.45, 2.75) is 11.1 Å². The third-order valence-electron chi connectivity index (χ3n) is 4.24. The van der Waals surface area contributed by atoms with E-state index in [1.165, 1.54) is 18.2 Å². The van der Waals surface area contributed by atoms with Gasteiger partial charge in [0.1, 0.15) is 0 Å². The van der Waals surface area contributed by atoms with Crippen molar-refractivity contribution in [1.29, 1.82) is 0 Å². The largest absolute Gasteiger partial charge is 0.416 e. The van der Waals surface area contributed by atoms with Crippen LogP contribution in [0, 0.1) is 0 Å². The van der Waals surface area contributed by atoms with Gasteiger partial charge in [0.05, 0.1) is 21.5 Å². The Morgan fingerprint density at radius 3 is 2.04 bits per heavy atom. The highest BCUT2D eigenvalue weighted by Gasteiger charge is 2.32. The standard InChI is InChI=1S/C19H12F3NO2S/c20-19(21,22)13-10-11-16-15-8-4-5-9-17(15)23(18(16)12-13)26(24,25)14-6-2-1-3-7-14/h1-12H. The Kier molecular flexibility index (Phi) is 3.59. The molecule has 0 aliphatic heterocycles. The summed E-state index contributed by atoms with van der Waals surface area (Å²) in [5.41, 5.74) is -0.548. The smallest absolute Gasteiger partial charge is 0.233 e. The lowest BCUT2D eigenvalue weighted by Gasteiger charge is -2.11. The van der Waals surface area contributed by atoms with Gasteiger partial charge in [-0.1, -0.05) is 42.5 Å². The molecule has 4 rings (SSSR count). The van der Waals surface area contributed by atoms with Crippen molar-refractivity contribution in [3.8, 4) is 0 Å². The van der Waals surface area contributed by atoms with E-state index < -0.39 is 21.8 Å². The van der Waals surface area contributed by atoms with Crippen molar-refractivity contribution in [3.05, 3.63) is 78.4 Å². The Labute approximate surface area is 147 Å². The van der Waals surface area contributed by atoms with Crippen molar-refractivity contribution in [2.24, 2.45) is 0 Å². The summed E-state index contributed by atoms with van der Waals surface area (Å²) >= 11 is 0. The summed E-state index contributed by atoms with van der Waals surface area (Å²) in [4.78, 5) is 0.0139. The van der Waals surface area contributed by atoms with Gasteiger partial charge in [0.25, 0.3) is 10.0 Å². The highest BCUT2D eigenvalue weighted by atomic mass is 32.2. The molecule has 0 aliphatic rings. The second-order valence-electron chi connectivity index (χ2n) is 5.83. The first-order valence-electron chi connectivity index (χ1n) is 7.71. The fourth-order valence-corrected chi connectivity index (χ4v) is 4.61. The van der Waals surface area contributed by atoms with Crippen molar-refractivity contribution >= 4 is 31.8 Å². The maximum absolute atomic E-state index is 13.2. The van der Waals surface area contributed by atoms with E-state index in [2.05, 4.69) is 0 Å². The molecule has 0 bridgehead atoms. The van der Waals surface area contributed by atoms with E-state index >= 15 is 0 Å². The highest BCUT2D eigenvalue weighted by Crippen LogP contribution is 2.37. The molecular weight excluding hydrogens is 363 g/mol. The van der Waals surface area contributed by atoms with Gasteiger partial charge in [-0.3, -0.25) is 0 Å². The van der Waals surface area contributed by atoms with Crippen LogP contribution in [0.4, 0.5) is 13.2 Å². The van der Waals surface area contributed by atoms with Crippen LogP contribution >= 0.6 is 0 Å². The number of hydrogen-bond donors (Lipinski definition) is 0. The van der Waals surface area contributed by atoms with E-state index in [9.17, 15) is 21.6 Å². The first-order valence-corrected chi connectivity index (χ1v) is 9.15. The lowest BCUT2D eigenvalue weighted by molar-refractivity contribution is -0.137. The Balaban J connectivity index is 2.15. The van der Waals surface area contributed by atoms with E-state index in [4.69, 9.17) is 0 Å². The Morgan fingerprint density at radius 2 is 1.35 bits per heavy atom. The van der Waals surface area contributed by atoms with Gasteiger partial charge in [0.2, 0.25) is 0 Å². The molecule has 3 nitrogen and oxygen atoms in total. The second-order valence-corrected chi connectivity index (χ2v) is 7.62. The quantitative estimate of drug-likeness (QED) is 0.492. The Morgan fingerprint density at radius 1 is 0.731 bits per heavy atom. The van der Waals surface area contributed by atoms with E-state index in [1.54, 1.807) is 42.5 Å². The van der Waals surface area contributed by atoms with Crippen molar-refractivity contribution < 1.29 is 21.6 Å². The number of halogens is 3. The van der Waals surface area contributed by atoms with Crippen LogP contribution in [0.25, 0.3) is 21.8 Å². The second kappa shape index (κ2) is 5.60. The fraction of sp³-hybridized carbons (Fsp3) is 0.0526. The summed E-state index contributed by atoms with van der Waals surface area (Å²) in [6.45, 7) is 0. The van der Waals surface area contributed by atoms with Gasteiger partial charge in [-0.15, -0.1) is 0 Å². The molecule has 0 aliphatic carbocycles. The number of para-hydroxylation sites is 1. The number of fused-ring (bicyclic) bond motifs is 3. The number of hydrogen-bond acceptors (Lipinski definition) is 2. The Hall–Kier alpha value is -2.80. The van der Waals surface area contributed by atoms with Crippen LogP contribution in [0.3, 0.4) is 0 Å². The van der Waals surface area contributed by atoms with E-state index in [0.29, 0.717) is 16.3 Å². The van der Waals surface area contributed by atoms with Crippen LogP contribution in [0.2, 0.25) is 0 Å². The molecule has 7 heteroatoms. The molecule has 0 unspecified atom stereocenters. The summed E-state index contributed by atoms with van der Waals surface area (Å²) < 4.78 is 66.8. The summed E-state index contributed by atoms with van der Waals surface area (Å²) in [6.07, 6.45) is -4.56. The Bertz CT molecular complexity index is 1230. The first-order chi connectivity index (χ1) is 12.3. The van der Waals surface area contributed by atoms with Gasteiger partial charge in [-0.05, 0) is 30.3 Å². The predicted molar refractivity (Wildman–Crippen MR) is 93.5 cm³/mol. The van der Waals surface area contributed by atoms with Gasteiger partial charge in [0.15, 0.2) is 0 Å². The SMILES string of the molecule is O=S(=O)(c1ccccc1)n1c2ccccc2c2ccc(C(F)(F)F)cc21. The topological polar surface area (TPSA) is 39.1 Å². The molecule has 0 fully saturated rings. The lowest BCUT2D eigenvalue weighted by atomic mass is 10.1. The molecule has 132 valence electrons. The average Bonchev–Trinajstić information content (AvgIpc) is 2.96. The van der Waals surface area contributed by atoms with Crippen LogP contribution < -0.4 is 0 Å². The van der Waals surface area contributed by atoms with Gasteiger partial charge in [0, 0.05) is 10.8 Å². The molecule has 0 saturated carbocycles. The van der Waals surface area contributed by atoms with Gasteiger partial charge in [-0.25, -0.2) is 12.4 Å². The minimum Gasteiger partial charge on any atom is -0.233 e. The molecule has 0 atom stereocenters. The molecule has 0 N–H and O–H groups in total. The third kappa shape index (κ3) is 2.47. The minimum atomic E-state index is -4.56. The van der Waals surface area contributed by atoms with Gasteiger partial charge in [-0.2, -0.15) is 13.2 Å². The molecule has 0 spiro atoms. The van der Waals surface area contributed by atoms with Gasteiger partial charge < -0.3 is 0 Å². The van der Waals surface area contributed by atoms with Crippen LogP contribution in [0.1, 0.15) is 5.56 Å². The molecule has 0 saturated heterocycles. The number of alkyl halides is 3. The van der Waals surface area contributed by atoms with Crippen molar-refractivity contribution in [2.75, 3.05) is 0 Å². The number of aromatic nitrogens is 1. The molecular formula is C19H12F3NO2S. The van der Waals surface area contributed by atoms with E-state index in [-0.39, 0.29) is 10.4 Å². The van der Waals surface area contributed by atoms with Crippen LogP contribution in [-0.2, 0) is 16.2 Å². The number of nitrogens with zero attached hydrogens (tertiary/aromatic N) is 1. The molecule has 1 heterocycles. The highest BCUT2D eigenvalue weighted by molar-refractivity contribution is 7.90. The van der Waals surface area contributed by atoms with Crippen molar-refractivity contribution in [1.82, 2.24) is 3.97 Å². The summed E-state index contributed by atoms with van der Waals surface area (Å²) in [5, 5.41) is 1.03. The van der Waals surface area contributed by atoms with Crippen molar-refractivity contribution in [3.63, 3.8) is 0 Å². The molecule has 1 aromatic heterocycles. The average molecular weight is 375 g/mol. The molecule has 4 aromatic rings. The van der Waals surface area contributed by atoms with Gasteiger partial charge >= 0.3 is 6.18 Å². The lowest BCUT2D eigenvalue weighted by Crippen LogP contribution is -2.13. The molecule has 3 aromatic carbocycles. The predicted octanol–water partition coefficient (Wildman–Crippen LogP) is 5.05. The molecule has 0 radical (unpaired) electrons. The molecule has 26 heavy (non-hydrogen) atoms. The van der Waals surface area contributed by atoms with Crippen LogP contribution in [0.5, 0.6) is 0 Å². The van der Waals surface area contributed by atoms with Crippen LogP contribution in [0.15, 0.2) is 77.7 Å². The first kappa shape index (κ1) is 16.7. The zero-order valence-corrected chi connectivity index (χ0v) is 14.1. The number of benzene rings is 3. The zero-order valence-electron chi connectivity index (χ0n) is 13.2. The third-order valence-corrected chi connectivity index (χ3v) is 5.98. The van der Waals surface area contributed by atoms with E-state index in [1.807, 2.05) is 0 Å². The monoisotopic (exact) mass is 375 g/mol. The normalized spacial score (nSPS) is 12.7. The zero-order chi connectivity index (χ0) is 18.5. The molecule has 0 amide bonds. The van der Waals surface area contributed by atoms with Crippen LogP contribution in [-0.4, -0.2) is 12.4 Å². The maximum Gasteiger partial charge on any atom is 0.416 e. The number of rotatable bonds is 2. The minimum absolute atomic E-state index is 0.00452. The summed E-state index contributed by atoms with van der Waals surface area (Å²) in [7, 11) is -4.06. The maximum atomic E-state index is 13.2.